The summed E-state index contributed by atoms with van der Waals surface area (Å²) in [7, 11) is 1.72. The summed E-state index contributed by atoms with van der Waals surface area (Å²) in [5, 5.41) is 9.92. The summed E-state index contributed by atoms with van der Waals surface area (Å²) in [5.41, 5.74) is 0.647. The molecule has 13 nitrogen and oxygen atoms in total. The number of alkyl halides is 3. The van der Waals surface area contributed by atoms with Gasteiger partial charge in [-0.25, -0.2) is 14.2 Å². The molecule has 1 aliphatic carbocycles. The minimum absolute atomic E-state index is 0.121. The number of piperidine rings is 1. The second-order valence-electron chi connectivity index (χ2n) is 14.6. The fraction of sp³-hybridized carbons (Fsp3) is 0.421. The number of nitrogens with one attached hydrogen (secondary N) is 2. The number of aromatic nitrogens is 5. The van der Waals surface area contributed by atoms with Gasteiger partial charge < -0.3 is 10.2 Å². The summed E-state index contributed by atoms with van der Waals surface area (Å²) in [6.45, 7) is 4.24. The molecule has 2 saturated heterocycles. The average molecular weight is 762 g/mol. The number of pyridine rings is 1. The first-order valence-corrected chi connectivity index (χ1v) is 18.4. The highest BCUT2D eigenvalue weighted by atomic mass is 19.4. The molecule has 17 heteroatoms. The lowest BCUT2D eigenvalue weighted by molar-refractivity contribution is -0.141. The van der Waals surface area contributed by atoms with Crippen molar-refractivity contribution in [3.05, 3.63) is 82.4 Å². The number of amides is 3. The summed E-state index contributed by atoms with van der Waals surface area (Å²) in [6, 6.07) is 10.8. The van der Waals surface area contributed by atoms with Gasteiger partial charge in [0.2, 0.25) is 11.8 Å². The standard InChI is InChI=1S/C38H39F4N9O4/c1-47-34-29(5-3-6-30(34)51(37(47)55)31-12-13-33(52)45-36(31)54)49-16-14-48(15-17-49)20-22-8-10-24(11-9-22)50-21-23-18-28(25(39)19-27(23)46-50)44-35(53)26-4-2-7-32(43-26)38(40,41)42/h2-7,18-19,21-22,24,31H,8-17,20H2,1H3,(H,44,53)(H,45,52,54). The summed E-state index contributed by atoms with van der Waals surface area (Å²) in [5.74, 6) is -1.99. The van der Waals surface area contributed by atoms with E-state index in [1.165, 1.54) is 16.7 Å². The van der Waals surface area contributed by atoms with E-state index in [4.69, 9.17) is 0 Å². The average Bonchev–Trinajstić information content (AvgIpc) is 3.69. The maximum absolute atomic E-state index is 15.0. The van der Waals surface area contributed by atoms with E-state index < -0.39 is 41.2 Å². The highest BCUT2D eigenvalue weighted by molar-refractivity contribution is 6.04. The van der Waals surface area contributed by atoms with Crippen LogP contribution in [0.2, 0.25) is 0 Å². The van der Waals surface area contributed by atoms with Crippen LogP contribution in [-0.4, -0.2) is 79.2 Å². The van der Waals surface area contributed by atoms with Crippen LogP contribution in [0.15, 0.2) is 59.5 Å². The molecule has 1 saturated carbocycles. The number of imide groups is 1. The largest absolute Gasteiger partial charge is 0.433 e. The summed E-state index contributed by atoms with van der Waals surface area (Å²) in [6.07, 6.45) is 1.34. The number of anilines is 2. The van der Waals surface area contributed by atoms with Gasteiger partial charge in [-0.05, 0) is 68.4 Å². The minimum Gasteiger partial charge on any atom is -0.367 e. The molecule has 8 rings (SSSR count). The summed E-state index contributed by atoms with van der Waals surface area (Å²) < 4.78 is 59.2. The number of carbonyl (C=O) groups excluding carboxylic acids is 3. The van der Waals surface area contributed by atoms with E-state index in [0.717, 1.165) is 87.8 Å². The number of para-hydroxylation sites is 1. The molecule has 1 atom stereocenters. The second-order valence-corrected chi connectivity index (χ2v) is 14.6. The normalized spacial score (nSPS) is 21.3. The van der Waals surface area contributed by atoms with Crippen LogP contribution in [0.4, 0.5) is 28.9 Å². The Morgan fingerprint density at radius 2 is 1.71 bits per heavy atom. The number of hydrogen-bond donors (Lipinski definition) is 2. The molecule has 2 aliphatic heterocycles. The number of halogens is 4. The molecule has 0 radical (unpaired) electrons. The lowest BCUT2D eigenvalue weighted by atomic mass is 9.85. The number of rotatable bonds is 7. The fourth-order valence-corrected chi connectivity index (χ4v) is 8.28. The maximum Gasteiger partial charge on any atom is 0.433 e. The monoisotopic (exact) mass is 761 g/mol. The number of piperazine rings is 1. The zero-order valence-electron chi connectivity index (χ0n) is 30.0. The molecule has 0 bridgehead atoms. The van der Waals surface area contributed by atoms with E-state index >= 15 is 0 Å². The quantitative estimate of drug-likeness (QED) is 0.174. The third-order valence-corrected chi connectivity index (χ3v) is 11.2. The number of aryl methyl sites for hydroxylation is 1. The number of carbonyl (C=O) groups is 3. The molecule has 288 valence electrons. The summed E-state index contributed by atoms with van der Waals surface area (Å²) in [4.78, 5) is 58.6. The second kappa shape index (κ2) is 14.2. The van der Waals surface area contributed by atoms with Crippen molar-refractivity contribution in [3.63, 3.8) is 0 Å². The van der Waals surface area contributed by atoms with Crippen LogP contribution in [0.5, 0.6) is 0 Å². The lowest BCUT2D eigenvalue weighted by Gasteiger charge is -2.39. The lowest BCUT2D eigenvalue weighted by Crippen LogP contribution is -2.48. The zero-order valence-corrected chi connectivity index (χ0v) is 30.0. The molecular formula is C38H39F4N9O4. The Kier molecular flexibility index (Phi) is 9.43. The van der Waals surface area contributed by atoms with E-state index in [-0.39, 0.29) is 36.2 Å². The third kappa shape index (κ3) is 7.08. The number of imidazole rings is 1. The van der Waals surface area contributed by atoms with Gasteiger partial charge in [-0.2, -0.15) is 18.3 Å². The molecule has 5 aromatic rings. The Bertz CT molecular complexity index is 2370. The van der Waals surface area contributed by atoms with Crippen molar-refractivity contribution >= 4 is 51.0 Å². The number of hydrogen-bond acceptors (Lipinski definition) is 8. The Morgan fingerprint density at radius 1 is 0.964 bits per heavy atom. The Labute approximate surface area is 311 Å². The molecule has 3 aromatic heterocycles. The molecule has 2 N–H and O–H groups in total. The van der Waals surface area contributed by atoms with Crippen molar-refractivity contribution in [3.8, 4) is 0 Å². The molecule has 55 heavy (non-hydrogen) atoms. The third-order valence-electron chi connectivity index (χ3n) is 11.2. The van der Waals surface area contributed by atoms with Crippen LogP contribution in [-0.2, 0) is 22.8 Å². The van der Waals surface area contributed by atoms with Crippen LogP contribution in [0.25, 0.3) is 21.9 Å². The van der Waals surface area contributed by atoms with E-state index in [1.807, 2.05) is 29.1 Å². The zero-order chi connectivity index (χ0) is 38.6. The van der Waals surface area contributed by atoms with Crippen molar-refractivity contribution in [1.29, 1.82) is 0 Å². The molecule has 0 spiro atoms. The molecule has 3 amide bonds. The van der Waals surface area contributed by atoms with Crippen molar-refractivity contribution in [1.82, 2.24) is 34.1 Å². The molecule has 5 heterocycles. The smallest absolute Gasteiger partial charge is 0.367 e. The van der Waals surface area contributed by atoms with Gasteiger partial charge >= 0.3 is 11.9 Å². The Hall–Kier alpha value is -5.58. The van der Waals surface area contributed by atoms with Crippen molar-refractivity contribution in [2.75, 3.05) is 42.9 Å². The van der Waals surface area contributed by atoms with Gasteiger partial charge in [0.1, 0.15) is 23.2 Å². The fourth-order valence-electron chi connectivity index (χ4n) is 8.28. The summed E-state index contributed by atoms with van der Waals surface area (Å²) >= 11 is 0. The highest BCUT2D eigenvalue weighted by Gasteiger charge is 2.34. The van der Waals surface area contributed by atoms with E-state index in [0.29, 0.717) is 22.3 Å². The van der Waals surface area contributed by atoms with Crippen LogP contribution < -0.4 is 21.2 Å². The van der Waals surface area contributed by atoms with Gasteiger partial charge in [-0.1, -0.05) is 12.1 Å². The van der Waals surface area contributed by atoms with E-state index in [9.17, 15) is 36.7 Å². The molecule has 3 fully saturated rings. The molecule has 3 aliphatic rings. The maximum atomic E-state index is 15.0. The SMILES string of the molecule is Cn1c(=O)n(C2CCC(=O)NC2=O)c2cccc(N3CCN(CC4CCC(n5cc6cc(NC(=O)c7cccc(C(F)(F)F)n7)c(F)cc6n5)CC4)CC3)c21. The number of benzene rings is 2. The van der Waals surface area contributed by atoms with Gasteiger partial charge in [0.05, 0.1) is 34.0 Å². The van der Waals surface area contributed by atoms with Gasteiger partial charge in [0, 0.05) is 63.8 Å². The van der Waals surface area contributed by atoms with Gasteiger partial charge in [-0.15, -0.1) is 0 Å². The van der Waals surface area contributed by atoms with Crippen LogP contribution in [0.3, 0.4) is 0 Å². The van der Waals surface area contributed by atoms with Crippen LogP contribution >= 0.6 is 0 Å². The predicted molar refractivity (Wildman–Crippen MR) is 195 cm³/mol. The number of fused-ring (bicyclic) bond motifs is 2. The Morgan fingerprint density at radius 3 is 2.44 bits per heavy atom. The highest BCUT2D eigenvalue weighted by Crippen LogP contribution is 2.35. The molecule has 1 unspecified atom stereocenters. The van der Waals surface area contributed by atoms with Crippen molar-refractivity contribution in [2.24, 2.45) is 13.0 Å². The van der Waals surface area contributed by atoms with Gasteiger partial charge in [0.15, 0.2) is 0 Å². The van der Waals surface area contributed by atoms with Gasteiger partial charge in [-0.3, -0.25) is 38.4 Å². The Balaban J connectivity index is 0.868. The van der Waals surface area contributed by atoms with Crippen molar-refractivity contribution < 1.29 is 31.9 Å². The predicted octanol–water partition coefficient (Wildman–Crippen LogP) is 5.03. The first kappa shape index (κ1) is 36.4. The van der Waals surface area contributed by atoms with E-state index in [2.05, 4.69) is 30.5 Å². The van der Waals surface area contributed by atoms with Gasteiger partial charge in [0.25, 0.3) is 5.91 Å². The van der Waals surface area contributed by atoms with E-state index in [1.54, 1.807) is 11.6 Å². The van der Waals surface area contributed by atoms with Crippen LogP contribution in [0, 0.1) is 11.7 Å². The first-order valence-electron chi connectivity index (χ1n) is 18.4. The minimum atomic E-state index is -4.72. The topological polar surface area (TPSA) is 139 Å². The molecular weight excluding hydrogens is 722 g/mol. The number of nitrogens with zero attached hydrogens (tertiary/aromatic N) is 7. The molecule has 2 aromatic carbocycles. The van der Waals surface area contributed by atoms with Crippen molar-refractivity contribution in [2.45, 2.75) is 56.8 Å². The van der Waals surface area contributed by atoms with Crippen LogP contribution in [0.1, 0.15) is 66.8 Å². The first-order chi connectivity index (χ1) is 26.3.